The van der Waals surface area contributed by atoms with E-state index in [4.69, 9.17) is 15.2 Å². The predicted molar refractivity (Wildman–Crippen MR) is 59.7 cm³/mol. The van der Waals surface area contributed by atoms with Crippen LogP contribution in [0.4, 0.5) is 4.39 Å². The van der Waals surface area contributed by atoms with E-state index in [0.717, 1.165) is 0 Å². The van der Waals surface area contributed by atoms with Crippen LogP contribution in [-0.4, -0.2) is 20.9 Å². The average Bonchev–Trinajstić information content (AvgIpc) is 2.27. The van der Waals surface area contributed by atoms with Gasteiger partial charge in [0.05, 0.1) is 20.3 Å². The van der Waals surface area contributed by atoms with E-state index in [9.17, 15) is 4.39 Å². The predicted octanol–water partition coefficient (Wildman–Crippen LogP) is 2.09. The molecule has 0 spiro atoms. The molecular weight excluding hydrogens is 221 g/mol. The first kappa shape index (κ1) is 14.0. The van der Waals surface area contributed by atoms with Crippen LogP contribution in [-0.2, 0) is 0 Å². The first-order valence-electron chi connectivity index (χ1n) is 4.26. The summed E-state index contributed by atoms with van der Waals surface area (Å²) in [6.07, 6.45) is 0. The van der Waals surface area contributed by atoms with Gasteiger partial charge in [-0.25, -0.2) is 4.39 Å². The fourth-order valence-corrected chi connectivity index (χ4v) is 1.21. The smallest absolute Gasteiger partial charge is 0.123 e. The lowest BCUT2D eigenvalue weighted by atomic mass is 10.1. The van der Waals surface area contributed by atoms with E-state index in [2.05, 4.69) is 0 Å². The first-order valence-corrected chi connectivity index (χ1v) is 4.26. The molecule has 0 heterocycles. The molecule has 1 aromatic carbocycles. The molecule has 0 fully saturated rings. The third-order valence-electron chi connectivity index (χ3n) is 2.00. The van der Waals surface area contributed by atoms with Crippen LogP contribution in [0.5, 0.6) is 11.5 Å². The number of halogens is 2. The number of benzene rings is 1. The van der Waals surface area contributed by atoms with Gasteiger partial charge in [0, 0.05) is 5.56 Å². The van der Waals surface area contributed by atoms with Crippen molar-refractivity contribution in [1.82, 2.24) is 0 Å². The molecular formula is C10H15ClFNO2. The summed E-state index contributed by atoms with van der Waals surface area (Å²) in [5.41, 5.74) is 6.20. The van der Waals surface area contributed by atoms with Crippen LogP contribution in [0.25, 0.3) is 0 Å². The second-order valence-electron chi connectivity index (χ2n) is 2.87. The Kier molecular flexibility index (Phi) is 6.05. The van der Waals surface area contributed by atoms with Gasteiger partial charge in [0.15, 0.2) is 0 Å². The molecule has 0 aliphatic rings. The first-order chi connectivity index (χ1) is 6.72. The Morgan fingerprint density at radius 3 is 2.47 bits per heavy atom. The summed E-state index contributed by atoms with van der Waals surface area (Å²) < 4.78 is 22.5. The summed E-state index contributed by atoms with van der Waals surface area (Å²) in [4.78, 5) is 0. The molecule has 0 bridgehead atoms. The molecule has 0 saturated heterocycles. The summed E-state index contributed by atoms with van der Waals surface area (Å²) in [6, 6.07) is 4.47. The number of hydrogen-bond donors (Lipinski definition) is 1. The van der Waals surface area contributed by atoms with E-state index in [1.54, 1.807) is 25.3 Å². The maximum absolute atomic E-state index is 12.4. The minimum atomic E-state index is -0.667. The third-order valence-corrected chi connectivity index (χ3v) is 2.00. The van der Waals surface area contributed by atoms with E-state index in [1.807, 2.05) is 0 Å². The maximum Gasteiger partial charge on any atom is 0.123 e. The zero-order valence-corrected chi connectivity index (χ0v) is 9.51. The molecule has 1 rings (SSSR count). The Bertz CT molecular complexity index is 309. The monoisotopic (exact) mass is 235 g/mol. The zero-order chi connectivity index (χ0) is 10.6. The maximum atomic E-state index is 12.4. The van der Waals surface area contributed by atoms with Gasteiger partial charge in [0.2, 0.25) is 0 Å². The van der Waals surface area contributed by atoms with Gasteiger partial charge in [-0.1, -0.05) is 0 Å². The quantitative estimate of drug-likeness (QED) is 0.869. The highest BCUT2D eigenvalue weighted by molar-refractivity contribution is 5.85. The highest BCUT2D eigenvalue weighted by Gasteiger charge is 2.12. The van der Waals surface area contributed by atoms with Crippen molar-refractivity contribution < 1.29 is 13.9 Å². The van der Waals surface area contributed by atoms with Crippen molar-refractivity contribution in [3.05, 3.63) is 23.8 Å². The molecule has 0 aliphatic heterocycles. The Hall–Kier alpha value is -1.00. The number of hydrogen-bond acceptors (Lipinski definition) is 3. The van der Waals surface area contributed by atoms with E-state index in [-0.39, 0.29) is 12.4 Å². The molecule has 1 atom stereocenters. The fourth-order valence-electron chi connectivity index (χ4n) is 1.21. The van der Waals surface area contributed by atoms with Crippen LogP contribution in [0, 0.1) is 0 Å². The van der Waals surface area contributed by atoms with Crippen LogP contribution in [0.3, 0.4) is 0 Å². The Morgan fingerprint density at radius 1 is 1.33 bits per heavy atom. The van der Waals surface area contributed by atoms with Crippen molar-refractivity contribution in [2.24, 2.45) is 5.73 Å². The minimum Gasteiger partial charge on any atom is -0.497 e. The Labute approximate surface area is 94.8 Å². The van der Waals surface area contributed by atoms with Gasteiger partial charge in [0.1, 0.15) is 18.2 Å². The summed E-state index contributed by atoms with van der Waals surface area (Å²) >= 11 is 0. The molecule has 0 aromatic heterocycles. The molecule has 0 unspecified atom stereocenters. The topological polar surface area (TPSA) is 44.5 Å². The molecule has 0 aliphatic carbocycles. The fraction of sp³-hybridized carbons (Fsp3) is 0.400. The highest BCUT2D eigenvalue weighted by Crippen LogP contribution is 2.28. The minimum absolute atomic E-state index is 0. The molecule has 0 saturated carbocycles. The van der Waals surface area contributed by atoms with Gasteiger partial charge in [-0.15, -0.1) is 12.4 Å². The molecule has 5 heteroatoms. The van der Waals surface area contributed by atoms with Crippen molar-refractivity contribution in [2.75, 3.05) is 20.9 Å². The zero-order valence-electron chi connectivity index (χ0n) is 8.70. The van der Waals surface area contributed by atoms with Crippen LogP contribution < -0.4 is 15.2 Å². The SMILES string of the molecule is COc1ccc(OC)c([C@@H](N)CF)c1.Cl. The second-order valence-corrected chi connectivity index (χ2v) is 2.87. The summed E-state index contributed by atoms with van der Waals surface area (Å²) in [5, 5.41) is 0. The van der Waals surface area contributed by atoms with Crippen LogP contribution in [0.1, 0.15) is 11.6 Å². The lowest BCUT2D eigenvalue weighted by molar-refractivity contribution is 0.382. The van der Waals surface area contributed by atoms with Gasteiger partial charge in [-0.3, -0.25) is 0 Å². The van der Waals surface area contributed by atoms with Gasteiger partial charge in [0.25, 0.3) is 0 Å². The number of rotatable bonds is 4. The number of ether oxygens (including phenoxy) is 2. The highest BCUT2D eigenvalue weighted by atomic mass is 35.5. The molecule has 0 amide bonds. The van der Waals surface area contributed by atoms with Gasteiger partial charge in [-0.05, 0) is 18.2 Å². The van der Waals surface area contributed by atoms with E-state index < -0.39 is 12.7 Å². The Balaban J connectivity index is 0.00000196. The van der Waals surface area contributed by atoms with Crippen molar-refractivity contribution in [1.29, 1.82) is 0 Å². The van der Waals surface area contributed by atoms with E-state index >= 15 is 0 Å². The average molecular weight is 236 g/mol. The molecule has 86 valence electrons. The molecule has 15 heavy (non-hydrogen) atoms. The molecule has 3 nitrogen and oxygen atoms in total. The summed E-state index contributed by atoms with van der Waals surface area (Å²) in [5.74, 6) is 1.22. The summed E-state index contributed by atoms with van der Waals surface area (Å²) in [6.45, 7) is -0.622. The normalized spacial score (nSPS) is 11.5. The third kappa shape index (κ3) is 3.25. The van der Waals surface area contributed by atoms with Crippen molar-refractivity contribution >= 4 is 12.4 Å². The lowest BCUT2D eigenvalue weighted by Crippen LogP contribution is -2.13. The van der Waals surface area contributed by atoms with Crippen molar-refractivity contribution in [3.8, 4) is 11.5 Å². The Morgan fingerprint density at radius 2 is 2.00 bits per heavy atom. The van der Waals surface area contributed by atoms with Crippen LogP contribution >= 0.6 is 12.4 Å². The van der Waals surface area contributed by atoms with E-state index in [1.165, 1.54) is 7.11 Å². The van der Waals surface area contributed by atoms with E-state index in [0.29, 0.717) is 17.1 Å². The molecule has 1 aromatic rings. The van der Waals surface area contributed by atoms with Gasteiger partial charge < -0.3 is 15.2 Å². The lowest BCUT2D eigenvalue weighted by Gasteiger charge is -2.13. The van der Waals surface area contributed by atoms with Crippen LogP contribution in [0.15, 0.2) is 18.2 Å². The number of methoxy groups -OCH3 is 2. The van der Waals surface area contributed by atoms with Crippen LogP contribution in [0.2, 0.25) is 0 Å². The number of nitrogens with two attached hydrogens (primary N) is 1. The number of alkyl halides is 1. The van der Waals surface area contributed by atoms with Crippen molar-refractivity contribution in [3.63, 3.8) is 0 Å². The molecule has 2 N–H and O–H groups in total. The summed E-state index contributed by atoms with van der Waals surface area (Å²) in [7, 11) is 3.07. The molecule has 0 radical (unpaired) electrons. The van der Waals surface area contributed by atoms with Gasteiger partial charge >= 0.3 is 0 Å². The van der Waals surface area contributed by atoms with Crippen molar-refractivity contribution in [2.45, 2.75) is 6.04 Å². The second kappa shape index (κ2) is 6.48. The largest absolute Gasteiger partial charge is 0.497 e. The standard InChI is InChI=1S/C10H14FNO2.ClH/c1-13-7-3-4-10(14-2)8(5-7)9(12)6-11;/h3-5,9H,6,12H2,1-2H3;1H/t9-;/m0./s1. The van der Waals surface area contributed by atoms with Gasteiger partial charge in [-0.2, -0.15) is 0 Å².